The van der Waals surface area contributed by atoms with E-state index in [9.17, 15) is 19.7 Å². The van der Waals surface area contributed by atoms with Gasteiger partial charge in [0.15, 0.2) is 17.2 Å². The van der Waals surface area contributed by atoms with Gasteiger partial charge in [-0.05, 0) is 29.8 Å². The molecule has 28 heavy (non-hydrogen) atoms. The first-order valence-electron chi connectivity index (χ1n) is 8.01. The van der Waals surface area contributed by atoms with Crippen molar-refractivity contribution in [2.24, 2.45) is 4.99 Å². The van der Waals surface area contributed by atoms with Crippen molar-refractivity contribution in [3.63, 3.8) is 0 Å². The maximum absolute atomic E-state index is 12.1. The second-order valence-corrected chi connectivity index (χ2v) is 5.65. The minimum absolute atomic E-state index is 0.000415. The van der Waals surface area contributed by atoms with E-state index in [2.05, 4.69) is 4.99 Å². The molecule has 9 nitrogen and oxygen atoms in total. The largest absolute Gasteiger partial charge is 0.493 e. The normalized spacial score (nSPS) is 14.4. The molecule has 0 saturated heterocycles. The lowest BCUT2D eigenvalue weighted by Crippen LogP contribution is -2.05. The first-order valence-corrected chi connectivity index (χ1v) is 8.01. The van der Waals surface area contributed by atoms with Crippen molar-refractivity contribution in [1.29, 1.82) is 0 Å². The SMILES string of the molecule is COc1ccc(/C=C2/N=C(c3cccc([N+](=O)[O-])c3)OC2=O)cc1OC(C)=O. The molecule has 0 N–H and O–H groups in total. The minimum atomic E-state index is -0.702. The van der Waals surface area contributed by atoms with Crippen molar-refractivity contribution in [1.82, 2.24) is 0 Å². The number of nitrogens with zero attached hydrogens (tertiary/aromatic N) is 2. The van der Waals surface area contributed by atoms with E-state index < -0.39 is 16.9 Å². The molecule has 1 aliphatic heterocycles. The molecular weight excluding hydrogens is 368 g/mol. The number of carbonyl (C=O) groups is 2. The van der Waals surface area contributed by atoms with Crippen molar-refractivity contribution < 1.29 is 28.7 Å². The molecule has 0 aliphatic carbocycles. The van der Waals surface area contributed by atoms with E-state index in [4.69, 9.17) is 14.2 Å². The Labute approximate surface area is 159 Å². The Kier molecular flexibility index (Phi) is 5.16. The lowest BCUT2D eigenvalue weighted by atomic mass is 10.1. The zero-order valence-corrected chi connectivity index (χ0v) is 14.9. The number of esters is 2. The summed E-state index contributed by atoms with van der Waals surface area (Å²) in [6.45, 7) is 1.26. The maximum Gasteiger partial charge on any atom is 0.363 e. The lowest BCUT2D eigenvalue weighted by Gasteiger charge is -2.08. The van der Waals surface area contributed by atoms with Gasteiger partial charge in [0.1, 0.15) is 0 Å². The van der Waals surface area contributed by atoms with Crippen LogP contribution >= 0.6 is 0 Å². The number of ether oxygens (including phenoxy) is 3. The van der Waals surface area contributed by atoms with Gasteiger partial charge in [-0.15, -0.1) is 0 Å². The number of cyclic esters (lactones) is 1. The zero-order chi connectivity index (χ0) is 20.3. The molecule has 0 aromatic heterocycles. The molecule has 0 unspecified atom stereocenters. The predicted molar refractivity (Wildman–Crippen MR) is 98.0 cm³/mol. The predicted octanol–water partition coefficient (Wildman–Crippen LogP) is 2.87. The maximum atomic E-state index is 12.1. The van der Waals surface area contributed by atoms with E-state index in [1.165, 1.54) is 44.4 Å². The molecule has 2 aromatic rings. The van der Waals surface area contributed by atoms with Crippen molar-refractivity contribution in [3.8, 4) is 11.5 Å². The summed E-state index contributed by atoms with van der Waals surface area (Å²) in [5.74, 6) is -0.708. The van der Waals surface area contributed by atoms with Gasteiger partial charge in [-0.1, -0.05) is 12.1 Å². The molecule has 2 aromatic carbocycles. The third-order valence-corrected chi connectivity index (χ3v) is 3.67. The Balaban J connectivity index is 1.94. The third-order valence-electron chi connectivity index (χ3n) is 3.67. The molecule has 0 fully saturated rings. The van der Waals surface area contributed by atoms with Crippen LogP contribution < -0.4 is 9.47 Å². The second kappa shape index (κ2) is 7.70. The molecule has 0 atom stereocenters. The van der Waals surface area contributed by atoms with Crippen LogP contribution in [0.25, 0.3) is 6.08 Å². The van der Waals surface area contributed by atoms with Crippen LogP contribution in [0.15, 0.2) is 53.2 Å². The molecule has 1 aliphatic rings. The molecule has 9 heteroatoms. The van der Waals surface area contributed by atoms with Crippen LogP contribution in [0.4, 0.5) is 5.69 Å². The number of nitro groups is 1. The summed E-state index contributed by atoms with van der Waals surface area (Å²) >= 11 is 0. The van der Waals surface area contributed by atoms with E-state index in [1.807, 2.05) is 0 Å². The standard InChI is InChI=1S/C19H14N2O7/c1-11(22)27-17-9-12(6-7-16(17)26-2)8-15-19(23)28-18(20-15)13-4-3-5-14(10-13)21(24)25/h3-10H,1-2H3/b15-8+. The summed E-state index contributed by atoms with van der Waals surface area (Å²) < 4.78 is 15.3. The van der Waals surface area contributed by atoms with Crippen molar-refractivity contribution >= 4 is 29.6 Å². The van der Waals surface area contributed by atoms with Gasteiger partial charge in [0, 0.05) is 24.6 Å². The average molecular weight is 382 g/mol. The smallest absolute Gasteiger partial charge is 0.363 e. The number of non-ortho nitro benzene ring substituents is 1. The highest BCUT2D eigenvalue weighted by Gasteiger charge is 2.25. The summed E-state index contributed by atoms with van der Waals surface area (Å²) in [5, 5.41) is 10.9. The topological polar surface area (TPSA) is 117 Å². The van der Waals surface area contributed by atoms with Crippen LogP contribution in [0, 0.1) is 10.1 Å². The highest BCUT2D eigenvalue weighted by Crippen LogP contribution is 2.30. The molecule has 0 spiro atoms. The van der Waals surface area contributed by atoms with Crippen molar-refractivity contribution in [2.75, 3.05) is 7.11 Å². The van der Waals surface area contributed by atoms with Gasteiger partial charge in [-0.25, -0.2) is 9.79 Å². The van der Waals surface area contributed by atoms with E-state index in [1.54, 1.807) is 18.2 Å². The van der Waals surface area contributed by atoms with E-state index in [0.717, 1.165) is 0 Å². The second-order valence-electron chi connectivity index (χ2n) is 5.65. The molecular formula is C19H14N2O7. The monoisotopic (exact) mass is 382 g/mol. The fraction of sp³-hybridized carbons (Fsp3) is 0.105. The number of methoxy groups -OCH3 is 1. The summed E-state index contributed by atoms with van der Waals surface area (Å²) in [7, 11) is 1.43. The molecule has 1 heterocycles. The van der Waals surface area contributed by atoms with Gasteiger partial charge in [0.05, 0.1) is 12.0 Å². The highest BCUT2D eigenvalue weighted by molar-refractivity contribution is 6.13. The number of benzene rings is 2. The summed E-state index contributed by atoms with van der Waals surface area (Å²) in [4.78, 5) is 37.8. The van der Waals surface area contributed by atoms with Crippen LogP contribution in [0.3, 0.4) is 0 Å². The van der Waals surface area contributed by atoms with Crippen LogP contribution in [-0.2, 0) is 14.3 Å². The summed E-state index contributed by atoms with van der Waals surface area (Å²) in [5.41, 5.74) is 0.685. The van der Waals surface area contributed by atoms with Gasteiger partial charge in [0.2, 0.25) is 5.90 Å². The Morgan fingerprint density at radius 1 is 1.21 bits per heavy atom. The highest BCUT2D eigenvalue weighted by atomic mass is 16.6. The van der Waals surface area contributed by atoms with Crippen LogP contribution in [0.2, 0.25) is 0 Å². The van der Waals surface area contributed by atoms with Crippen molar-refractivity contribution in [3.05, 3.63) is 69.4 Å². The molecule has 0 saturated carbocycles. The first kappa shape index (κ1) is 18.8. The minimum Gasteiger partial charge on any atom is -0.493 e. The third kappa shape index (κ3) is 4.04. The zero-order valence-electron chi connectivity index (χ0n) is 14.9. The fourth-order valence-corrected chi connectivity index (χ4v) is 2.46. The molecule has 3 rings (SSSR count). The molecule has 142 valence electrons. The van der Waals surface area contributed by atoms with Crippen LogP contribution in [-0.4, -0.2) is 29.9 Å². The van der Waals surface area contributed by atoms with Crippen molar-refractivity contribution in [2.45, 2.75) is 6.92 Å². The number of carbonyl (C=O) groups excluding carboxylic acids is 2. The Bertz CT molecular complexity index is 1040. The van der Waals surface area contributed by atoms with Gasteiger partial charge in [-0.3, -0.25) is 14.9 Å². The number of hydrogen-bond acceptors (Lipinski definition) is 8. The quantitative estimate of drug-likeness (QED) is 0.256. The molecule has 0 bridgehead atoms. The number of aliphatic imine (C=N–C) groups is 1. The van der Waals surface area contributed by atoms with Gasteiger partial charge >= 0.3 is 11.9 Å². The number of nitro benzene ring substituents is 1. The number of hydrogen-bond donors (Lipinski definition) is 0. The van der Waals surface area contributed by atoms with Gasteiger partial charge in [-0.2, -0.15) is 0 Å². The summed E-state index contributed by atoms with van der Waals surface area (Å²) in [6, 6.07) is 10.4. The van der Waals surface area contributed by atoms with Gasteiger partial charge < -0.3 is 14.2 Å². The average Bonchev–Trinajstić information content (AvgIpc) is 3.02. The molecule has 0 radical (unpaired) electrons. The lowest BCUT2D eigenvalue weighted by molar-refractivity contribution is -0.384. The Morgan fingerprint density at radius 2 is 2.00 bits per heavy atom. The van der Waals surface area contributed by atoms with E-state index in [-0.39, 0.29) is 23.0 Å². The fourth-order valence-electron chi connectivity index (χ4n) is 2.46. The van der Waals surface area contributed by atoms with Crippen LogP contribution in [0.5, 0.6) is 11.5 Å². The number of rotatable bonds is 5. The first-order chi connectivity index (χ1) is 13.4. The van der Waals surface area contributed by atoms with E-state index in [0.29, 0.717) is 16.9 Å². The summed E-state index contributed by atoms with van der Waals surface area (Å²) in [6.07, 6.45) is 1.44. The molecule has 0 amide bonds. The van der Waals surface area contributed by atoms with Crippen LogP contribution in [0.1, 0.15) is 18.1 Å². The van der Waals surface area contributed by atoms with Gasteiger partial charge in [0.25, 0.3) is 5.69 Å². The Morgan fingerprint density at radius 3 is 2.68 bits per heavy atom. The Hall–Kier alpha value is -4.01. The van der Waals surface area contributed by atoms with E-state index >= 15 is 0 Å².